The van der Waals surface area contributed by atoms with E-state index in [0.29, 0.717) is 6.04 Å². The van der Waals surface area contributed by atoms with E-state index in [1.807, 2.05) is 29.5 Å². The summed E-state index contributed by atoms with van der Waals surface area (Å²) in [4.78, 5) is 2.79. The molecule has 1 N–H and O–H groups in total. The fourth-order valence-corrected chi connectivity index (χ4v) is 3.27. The van der Waals surface area contributed by atoms with Crippen LogP contribution in [0.2, 0.25) is 0 Å². The Bertz CT molecular complexity index is 580. The largest absolute Gasteiger partial charge is 0.497 e. The van der Waals surface area contributed by atoms with Gasteiger partial charge in [0.25, 0.3) is 0 Å². The Balaban J connectivity index is 1.92. The molecule has 2 rings (SSSR count). The molecular formula is C17H23NO2S. The molecule has 0 bridgehead atoms. The van der Waals surface area contributed by atoms with Crippen LogP contribution in [-0.4, -0.2) is 20.3 Å². The van der Waals surface area contributed by atoms with Gasteiger partial charge in [-0.2, -0.15) is 0 Å². The minimum Gasteiger partial charge on any atom is -0.497 e. The lowest BCUT2D eigenvalue weighted by Gasteiger charge is -2.15. The third kappa shape index (κ3) is 4.48. The maximum Gasteiger partial charge on any atom is 0.127 e. The van der Waals surface area contributed by atoms with E-state index in [0.717, 1.165) is 30.0 Å². The van der Waals surface area contributed by atoms with Crippen molar-refractivity contribution < 1.29 is 9.47 Å². The average molecular weight is 305 g/mol. The first-order valence-corrected chi connectivity index (χ1v) is 7.93. The van der Waals surface area contributed by atoms with Crippen molar-refractivity contribution in [3.63, 3.8) is 0 Å². The van der Waals surface area contributed by atoms with Crippen LogP contribution in [0.3, 0.4) is 0 Å². The van der Waals surface area contributed by atoms with Gasteiger partial charge in [0.2, 0.25) is 0 Å². The van der Waals surface area contributed by atoms with Crippen LogP contribution in [0.5, 0.6) is 11.5 Å². The van der Waals surface area contributed by atoms with Crippen molar-refractivity contribution in [3.8, 4) is 11.5 Å². The summed E-state index contributed by atoms with van der Waals surface area (Å²) in [5, 5.41) is 3.55. The maximum atomic E-state index is 5.42. The van der Waals surface area contributed by atoms with Crippen molar-refractivity contribution >= 4 is 11.3 Å². The van der Waals surface area contributed by atoms with Crippen LogP contribution >= 0.6 is 11.3 Å². The van der Waals surface area contributed by atoms with Gasteiger partial charge in [-0.25, -0.2) is 0 Å². The fraction of sp³-hybridized carbons (Fsp3) is 0.412. The third-order valence-electron chi connectivity index (χ3n) is 3.44. The molecule has 1 aromatic carbocycles. The standard InChI is InChI=1S/C17H23NO2S/c1-12(9-16-8-5-13(2)21-16)18-11-14-6-7-15(19-3)10-17(14)20-4/h5-8,10,12,18H,9,11H2,1-4H3. The zero-order valence-corrected chi connectivity index (χ0v) is 13.9. The number of hydrogen-bond acceptors (Lipinski definition) is 4. The Labute approximate surface area is 130 Å². The SMILES string of the molecule is COc1ccc(CNC(C)Cc2ccc(C)s2)c(OC)c1. The number of benzene rings is 1. The number of rotatable bonds is 7. The molecule has 114 valence electrons. The van der Waals surface area contributed by atoms with Crippen LogP contribution in [0.4, 0.5) is 0 Å². The van der Waals surface area contributed by atoms with Crippen LogP contribution in [0.25, 0.3) is 0 Å². The molecule has 0 saturated heterocycles. The van der Waals surface area contributed by atoms with E-state index in [1.54, 1.807) is 14.2 Å². The Hall–Kier alpha value is -1.52. The zero-order chi connectivity index (χ0) is 15.2. The minimum atomic E-state index is 0.426. The molecule has 0 aliphatic heterocycles. The Morgan fingerprint density at radius 2 is 1.95 bits per heavy atom. The molecule has 4 heteroatoms. The van der Waals surface area contributed by atoms with Crippen LogP contribution in [0.15, 0.2) is 30.3 Å². The van der Waals surface area contributed by atoms with E-state index in [4.69, 9.17) is 9.47 Å². The van der Waals surface area contributed by atoms with Crippen LogP contribution in [-0.2, 0) is 13.0 Å². The molecule has 21 heavy (non-hydrogen) atoms. The van der Waals surface area contributed by atoms with Crippen LogP contribution in [0.1, 0.15) is 22.2 Å². The van der Waals surface area contributed by atoms with Gasteiger partial charge in [-0.05, 0) is 38.5 Å². The quantitative estimate of drug-likeness (QED) is 0.844. The number of aryl methyl sites for hydroxylation is 1. The highest BCUT2D eigenvalue weighted by molar-refractivity contribution is 7.11. The van der Waals surface area contributed by atoms with Crippen molar-refractivity contribution in [2.75, 3.05) is 14.2 Å². The molecule has 1 atom stereocenters. The molecule has 0 aliphatic carbocycles. The molecular weight excluding hydrogens is 282 g/mol. The van der Waals surface area contributed by atoms with Gasteiger partial charge in [-0.15, -0.1) is 11.3 Å². The number of thiophene rings is 1. The van der Waals surface area contributed by atoms with E-state index >= 15 is 0 Å². The van der Waals surface area contributed by atoms with Crippen molar-refractivity contribution in [1.82, 2.24) is 5.32 Å². The van der Waals surface area contributed by atoms with Crippen molar-refractivity contribution in [2.24, 2.45) is 0 Å². The predicted octanol–water partition coefficient (Wildman–Crippen LogP) is 3.79. The topological polar surface area (TPSA) is 30.5 Å². The molecule has 0 fully saturated rings. The second-order valence-electron chi connectivity index (χ2n) is 5.18. The summed E-state index contributed by atoms with van der Waals surface area (Å²) >= 11 is 1.87. The third-order valence-corrected chi connectivity index (χ3v) is 4.46. The fourth-order valence-electron chi connectivity index (χ4n) is 2.25. The van der Waals surface area contributed by atoms with Gasteiger partial charge in [0.05, 0.1) is 14.2 Å². The summed E-state index contributed by atoms with van der Waals surface area (Å²) in [6, 6.07) is 10.8. The van der Waals surface area contributed by atoms with Gasteiger partial charge in [-0.3, -0.25) is 0 Å². The molecule has 1 aromatic heterocycles. The summed E-state index contributed by atoms with van der Waals surface area (Å²) in [7, 11) is 3.36. The molecule has 1 unspecified atom stereocenters. The average Bonchev–Trinajstić information content (AvgIpc) is 2.90. The number of hydrogen-bond donors (Lipinski definition) is 1. The molecule has 0 spiro atoms. The van der Waals surface area contributed by atoms with Gasteiger partial charge >= 0.3 is 0 Å². The summed E-state index contributed by atoms with van der Waals surface area (Å²) in [5.74, 6) is 1.68. The summed E-state index contributed by atoms with van der Waals surface area (Å²) in [6.07, 6.45) is 1.05. The molecule has 0 aliphatic rings. The van der Waals surface area contributed by atoms with Crippen molar-refractivity contribution in [3.05, 3.63) is 45.6 Å². The summed E-state index contributed by atoms with van der Waals surface area (Å²) < 4.78 is 10.6. The van der Waals surface area contributed by atoms with E-state index < -0.39 is 0 Å². The second-order valence-corrected chi connectivity index (χ2v) is 6.55. The lowest BCUT2D eigenvalue weighted by atomic mass is 10.1. The maximum absolute atomic E-state index is 5.42. The number of ether oxygens (including phenoxy) is 2. The van der Waals surface area contributed by atoms with Crippen LogP contribution < -0.4 is 14.8 Å². The molecule has 0 amide bonds. The number of nitrogens with one attached hydrogen (secondary N) is 1. The number of methoxy groups -OCH3 is 2. The Morgan fingerprint density at radius 1 is 1.14 bits per heavy atom. The van der Waals surface area contributed by atoms with Crippen molar-refractivity contribution in [2.45, 2.75) is 32.9 Å². The molecule has 2 aromatic rings. The molecule has 0 radical (unpaired) electrons. The highest BCUT2D eigenvalue weighted by atomic mass is 32.1. The monoisotopic (exact) mass is 305 g/mol. The minimum absolute atomic E-state index is 0.426. The van der Waals surface area contributed by atoms with E-state index in [9.17, 15) is 0 Å². The zero-order valence-electron chi connectivity index (χ0n) is 13.1. The van der Waals surface area contributed by atoms with Gasteiger partial charge in [0.1, 0.15) is 11.5 Å². The smallest absolute Gasteiger partial charge is 0.127 e. The highest BCUT2D eigenvalue weighted by Crippen LogP contribution is 2.24. The first-order valence-electron chi connectivity index (χ1n) is 7.12. The highest BCUT2D eigenvalue weighted by Gasteiger charge is 2.08. The van der Waals surface area contributed by atoms with E-state index in [2.05, 4.69) is 31.3 Å². The molecule has 0 saturated carbocycles. The lowest BCUT2D eigenvalue weighted by Crippen LogP contribution is -2.27. The van der Waals surface area contributed by atoms with Gasteiger partial charge in [0.15, 0.2) is 0 Å². The van der Waals surface area contributed by atoms with Gasteiger partial charge in [-0.1, -0.05) is 6.07 Å². The Morgan fingerprint density at radius 3 is 2.57 bits per heavy atom. The van der Waals surface area contributed by atoms with Crippen LogP contribution in [0, 0.1) is 6.92 Å². The lowest BCUT2D eigenvalue weighted by molar-refractivity contribution is 0.388. The van der Waals surface area contributed by atoms with E-state index in [1.165, 1.54) is 9.75 Å². The first kappa shape index (κ1) is 15.9. The van der Waals surface area contributed by atoms with E-state index in [-0.39, 0.29) is 0 Å². The van der Waals surface area contributed by atoms with Gasteiger partial charge < -0.3 is 14.8 Å². The second kappa shape index (κ2) is 7.48. The summed E-state index contributed by atoms with van der Waals surface area (Å²) in [6.45, 7) is 5.15. The Kier molecular flexibility index (Phi) is 5.65. The predicted molar refractivity (Wildman–Crippen MR) is 88.6 cm³/mol. The summed E-state index contributed by atoms with van der Waals surface area (Å²) in [5.41, 5.74) is 1.15. The van der Waals surface area contributed by atoms with Crippen molar-refractivity contribution in [1.29, 1.82) is 0 Å². The normalized spacial score (nSPS) is 12.2. The molecule has 1 heterocycles. The van der Waals surface area contributed by atoms with Gasteiger partial charge in [0, 0.05) is 34.0 Å². The molecule has 3 nitrogen and oxygen atoms in total. The first-order chi connectivity index (χ1) is 10.1.